The third kappa shape index (κ3) is 3.28. The lowest BCUT2D eigenvalue weighted by atomic mass is 10.1. The number of hydrogen-bond donors (Lipinski definition) is 2. The molecule has 0 saturated carbocycles. The van der Waals surface area contributed by atoms with Gasteiger partial charge in [-0.25, -0.2) is 9.97 Å². The topological polar surface area (TPSA) is 81.1 Å². The van der Waals surface area contributed by atoms with Crippen molar-refractivity contribution in [3.8, 4) is 0 Å². The molecule has 1 fully saturated rings. The Bertz CT molecular complexity index is 637. The van der Waals surface area contributed by atoms with Crippen LogP contribution < -0.4 is 11.5 Å². The third-order valence-corrected chi connectivity index (χ3v) is 4.70. The fourth-order valence-electron chi connectivity index (χ4n) is 2.69. The highest BCUT2D eigenvalue weighted by Gasteiger charge is 2.17. The van der Waals surface area contributed by atoms with Crippen molar-refractivity contribution in [1.29, 1.82) is 0 Å². The molecule has 21 heavy (non-hydrogen) atoms. The number of rotatable bonds is 3. The lowest BCUT2D eigenvalue weighted by molar-refractivity contribution is 0.201. The van der Waals surface area contributed by atoms with E-state index in [9.17, 15) is 0 Å². The summed E-state index contributed by atoms with van der Waals surface area (Å²) in [6.07, 6.45) is 4.14. The lowest BCUT2D eigenvalue weighted by Gasteiger charge is -2.29. The Labute approximate surface area is 129 Å². The van der Waals surface area contributed by atoms with Crippen molar-refractivity contribution in [3.05, 3.63) is 24.0 Å². The van der Waals surface area contributed by atoms with E-state index < -0.39 is 0 Å². The molecule has 2 aromatic rings. The zero-order valence-electron chi connectivity index (χ0n) is 12.2. The van der Waals surface area contributed by atoms with Crippen LogP contribution in [0.2, 0.25) is 0 Å². The minimum Gasteiger partial charge on any atom is -0.383 e. The number of benzene rings is 1. The molecule has 0 aliphatic carbocycles. The summed E-state index contributed by atoms with van der Waals surface area (Å²) in [6.45, 7) is 2.76. The van der Waals surface area contributed by atoms with Gasteiger partial charge in [-0.2, -0.15) is 0 Å². The lowest BCUT2D eigenvalue weighted by Crippen LogP contribution is -2.39. The second-order valence-electron chi connectivity index (χ2n) is 5.52. The van der Waals surface area contributed by atoms with Crippen molar-refractivity contribution >= 4 is 28.5 Å². The minimum atomic E-state index is 0.341. The highest BCUT2D eigenvalue weighted by molar-refractivity contribution is 7.98. The summed E-state index contributed by atoms with van der Waals surface area (Å²) in [6, 6.07) is 6.47. The predicted octanol–water partition coefficient (Wildman–Crippen LogP) is 1.86. The number of nitrogen functional groups attached to an aromatic ring is 1. The summed E-state index contributed by atoms with van der Waals surface area (Å²) >= 11 is 1.71. The first-order valence-electron chi connectivity index (χ1n) is 7.24. The van der Waals surface area contributed by atoms with Crippen LogP contribution in [0.15, 0.2) is 23.1 Å². The van der Waals surface area contributed by atoms with Gasteiger partial charge in [0.15, 0.2) is 0 Å². The minimum absolute atomic E-state index is 0.341. The Kier molecular flexibility index (Phi) is 4.28. The number of likely N-dealkylation sites (tertiary alicyclic amines) is 1. The van der Waals surface area contributed by atoms with E-state index in [1.54, 1.807) is 11.8 Å². The molecule has 0 atom stereocenters. The molecule has 4 N–H and O–H groups in total. The fraction of sp³-hybridized carbons (Fsp3) is 0.467. The van der Waals surface area contributed by atoms with E-state index >= 15 is 0 Å². The summed E-state index contributed by atoms with van der Waals surface area (Å²) in [7, 11) is 0. The van der Waals surface area contributed by atoms with Gasteiger partial charge in [0.1, 0.15) is 11.6 Å². The Hall–Kier alpha value is -1.37. The molecule has 0 amide bonds. The number of nitrogens with two attached hydrogens (primary N) is 2. The summed E-state index contributed by atoms with van der Waals surface area (Å²) in [5.41, 5.74) is 12.9. The summed E-state index contributed by atoms with van der Waals surface area (Å²) in [5.74, 6) is 1.37. The van der Waals surface area contributed by atoms with Gasteiger partial charge in [-0.3, -0.25) is 4.90 Å². The van der Waals surface area contributed by atoms with Crippen LogP contribution in [-0.2, 0) is 6.54 Å². The standard InChI is InChI=1S/C15H21N5S/c1-21-11-2-3-12-13(8-11)18-14(19-15(12)17)9-20-6-4-10(16)5-7-20/h2-3,8,10H,4-7,9,16H2,1H3,(H2,17,18,19). The molecule has 3 rings (SSSR count). The Morgan fingerprint density at radius 3 is 2.76 bits per heavy atom. The zero-order valence-corrected chi connectivity index (χ0v) is 13.1. The highest BCUT2D eigenvalue weighted by atomic mass is 32.2. The van der Waals surface area contributed by atoms with Gasteiger partial charge in [0.05, 0.1) is 12.1 Å². The SMILES string of the molecule is CSc1ccc2c(N)nc(CN3CCC(N)CC3)nc2c1. The molecule has 5 nitrogen and oxygen atoms in total. The Balaban J connectivity index is 1.85. The number of piperidine rings is 1. The molecule has 1 aromatic carbocycles. The Morgan fingerprint density at radius 2 is 2.05 bits per heavy atom. The van der Waals surface area contributed by atoms with Gasteiger partial charge in [-0.15, -0.1) is 11.8 Å². The first-order chi connectivity index (χ1) is 10.2. The van der Waals surface area contributed by atoms with E-state index in [0.29, 0.717) is 11.9 Å². The fourth-order valence-corrected chi connectivity index (χ4v) is 3.13. The van der Waals surface area contributed by atoms with Gasteiger partial charge in [-0.1, -0.05) is 0 Å². The molecule has 0 unspecified atom stereocenters. The van der Waals surface area contributed by atoms with E-state index in [1.807, 2.05) is 6.07 Å². The summed E-state index contributed by atoms with van der Waals surface area (Å²) in [4.78, 5) is 12.7. The Morgan fingerprint density at radius 1 is 1.29 bits per heavy atom. The van der Waals surface area contributed by atoms with Gasteiger partial charge in [0.2, 0.25) is 0 Å². The van der Waals surface area contributed by atoms with Gasteiger partial charge >= 0.3 is 0 Å². The van der Waals surface area contributed by atoms with E-state index in [0.717, 1.165) is 49.2 Å². The van der Waals surface area contributed by atoms with Gasteiger partial charge in [0, 0.05) is 29.4 Å². The number of aromatic nitrogens is 2. The molecule has 112 valence electrons. The maximum atomic E-state index is 6.08. The van der Waals surface area contributed by atoms with E-state index in [-0.39, 0.29) is 0 Å². The second-order valence-corrected chi connectivity index (χ2v) is 6.40. The maximum Gasteiger partial charge on any atom is 0.145 e. The zero-order chi connectivity index (χ0) is 14.8. The monoisotopic (exact) mass is 303 g/mol. The smallest absolute Gasteiger partial charge is 0.145 e. The van der Waals surface area contributed by atoms with E-state index in [4.69, 9.17) is 11.5 Å². The number of anilines is 1. The van der Waals surface area contributed by atoms with Crippen LogP contribution >= 0.6 is 11.8 Å². The molecular weight excluding hydrogens is 282 g/mol. The van der Waals surface area contributed by atoms with Crippen molar-refractivity contribution in [3.63, 3.8) is 0 Å². The van der Waals surface area contributed by atoms with Crippen LogP contribution in [0.3, 0.4) is 0 Å². The van der Waals surface area contributed by atoms with Crippen molar-refractivity contribution < 1.29 is 0 Å². The van der Waals surface area contributed by atoms with Gasteiger partial charge < -0.3 is 11.5 Å². The number of fused-ring (bicyclic) bond motifs is 1. The van der Waals surface area contributed by atoms with Crippen molar-refractivity contribution in [1.82, 2.24) is 14.9 Å². The molecule has 2 heterocycles. The molecule has 1 saturated heterocycles. The number of thioether (sulfide) groups is 1. The molecule has 0 bridgehead atoms. The predicted molar refractivity (Wildman–Crippen MR) is 88.2 cm³/mol. The first kappa shape index (κ1) is 14.6. The summed E-state index contributed by atoms with van der Waals surface area (Å²) in [5, 5.41) is 0.928. The van der Waals surface area contributed by atoms with Crippen LogP contribution in [0.25, 0.3) is 10.9 Å². The molecule has 1 aliphatic rings. The van der Waals surface area contributed by atoms with Crippen molar-refractivity contribution in [2.75, 3.05) is 25.1 Å². The molecule has 0 spiro atoms. The third-order valence-electron chi connectivity index (χ3n) is 3.98. The number of hydrogen-bond acceptors (Lipinski definition) is 6. The molecule has 1 aromatic heterocycles. The van der Waals surface area contributed by atoms with Crippen molar-refractivity contribution in [2.24, 2.45) is 5.73 Å². The molecule has 1 aliphatic heterocycles. The van der Waals surface area contributed by atoms with Gasteiger partial charge in [0.25, 0.3) is 0 Å². The largest absolute Gasteiger partial charge is 0.383 e. The average molecular weight is 303 g/mol. The number of nitrogens with zero attached hydrogens (tertiary/aromatic N) is 3. The van der Waals surface area contributed by atoms with Crippen LogP contribution in [-0.4, -0.2) is 40.3 Å². The van der Waals surface area contributed by atoms with Gasteiger partial charge in [-0.05, 0) is 37.3 Å². The van der Waals surface area contributed by atoms with Crippen LogP contribution in [0, 0.1) is 0 Å². The van der Waals surface area contributed by atoms with Crippen molar-refractivity contribution in [2.45, 2.75) is 30.3 Å². The molecule has 6 heteroatoms. The molecule has 0 radical (unpaired) electrons. The van der Waals surface area contributed by atoms with Crippen LogP contribution in [0.4, 0.5) is 5.82 Å². The normalized spacial score (nSPS) is 17.4. The first-order valence-corrected chi connectivity index (χ1v) is 8.46. The van der Waals surface area contributed by atoms with Crippen LogP contribution in [0.5, 0.6) is 0 Å². The quantitative estimate of drug-likeness (QED) is 0.842. The average Bonchev–Trinajstić information content (AvgIpc) is 2.49. The second kappa shape index (κ2) is 6.17. The van der Waals surface area contributed by atoms with E-state index in [1.165, 1.54) is 4.90 Å². The highest BCUT2D eigenvalue weighted by Crippen LogP contribution is 2.24. The summed E-state index contributed by atoms with van der Waals surface area (Å²) < 4.78 is 0. The maximum absolute atomic E-state index is 6.08. The van der Waals surface area contributed by atoms with Crippen LogP contribution in [0.1, 0.15) is 18.7 Å². The molecular formula is C15H21N5S. The van der Waals surface area contributed by atoms with E-state index in [2.05, 4.69) is 33.3 Å².